The molecular weight excluding hydrogens is 297 g/mol. The Balaban J connectivity index is 0.00000128. The number of ether oxygens (including phenoxy) is 1. The van der Waals surface area contributed by atoms with Crippen LogP contribution in [0.15, 0.2) is 16.6 Å². The molecule has 0 aromatic heterocycles. The van der Waals surface area contributed by atoms with Crippen molar-refractivity contribution in [1.29, 1.82) is 0 Å². The third-order valence-corrected chi connectivity index (χ3v) is 2.98. The van der Waals surface area contributed by atoms with Crippen LogP contribution >= 0.6 is 28.3 Å². The fourth-order valence-corrected chi connectivity index (χ4v) is 2.20. The molecule has 0 saturated carbocycles. The van der Waals surface area contributed by atoms with Gasteiger partial charge in [-0.25, -0.2) is 4.79 Å². The Morgan fingerprint density at radius 2 is 2.25 bits per heavy atom. The highest BCUT2D eigenvalue weighted by Crippen LogP contribution is 2.37. The summed E-state index contributed by atoms with van der Waals surface area (Å²) in [6.45, 7) is 0.569. The number of benzene rings is 1. The minimum atomic E-state index is -0.962. The molecule has 88 valence electrons. The Kier molecular flexibility index (Phi) is 4.18. The number of hydrogen-bond donors (Lipinski definition) is 2. The van der Waals surface area contributed by atoms with Gasteiger partial charge in [0.05, 0.1) is 16.6 Å². The fraction of sp³-hybridized carbons (Fsp3) is 0.300. The van der Waals surface area contributed by atoms with E-state index in [4.69, 9.17) is 15.6 Å². The van der Waals surface area contributed by atoms with E-state index in [0.29, 0.717) is 23.2 Å². The highest BCUT2D eigenvalue weighted by molar-refractivity contribution is 9.10. The van der Waals surface area contributed by atoms with Gasteiger partial charge < -0.3 is 15.6 Å². The van der Waals surface area contributed by atoms with Crippen LogP contribution in [-0.2, 0) is 0 Å². The molecule has 2 rings (SSSR count). The van der Waals surface area contributed by atoms with Crippen LogP contribution in [0.5, 0.6) is 5.75 Å². The summed E-state index contributed by atoms with van der Waals surface area (Å²) in [5, 5.41) is 8.89. The number of carboxylic acid groups (broad SMARTS) is 1. The van der Waals surface area contributed by atoms with Gasteiger partial charge in [0.15, 0.2) is 0 Å². The summed E-state index contributed by atoms with van der Waals surface area (Å²) in [6, 6.07) is 2.95. The quantitative estimate of drug-likeness (QED) is 0.835. The van der Waals surface area contributed by atoms with Crippen LogP contribution in [0.25, 0.3) is 0 Å². The number of hydrogen-bond acceptors (Lipinski definition) is 3. The Hall–Kier alpha value is -0.780. The number of carboxylic acids is 1. The molecule has 0 unspecified atom stereocenters. The Morgan fingerprint density at radius 3 is 2.88 bits per heavy atom. The van der Waals surface area contributed by atoms with Crippen molar-refractivity contribution in [2.24, 2.45) is 5.73 Å². The van der Waals surface area contributed by atoms with E-state index in [-0.39, 0.29) is 24.0 Å². The largest absolute Gasteiger partial charge is 0.492 e. The van der Waals surface area contributed by atoms with Gasteiger partial charge in [-0.05, 0) is 28.1 Å². The summed E-state index contributed by atoms with van der Waals surface area (Å²) in [5.41, 5.74) is 6.87. The summed E-state index contributed by atoms with van der Waals surface area (Å²) in [5.74, 6) is -0.296. The third-order valence-electron chi connectivity index (χ3n) is 2.39. The van der Waals surface area contributed by atoms with Crippen LogP contribution in [0.3, 0.4) is 0 Å². The molecule has 1 aromatic carbocycles. The molecule has 0 amide bonds. The Labute approximate surface area is 107 Å². The van der Waals surface area contributed by atoms with E-state index in [0.717, 1.165) is 5.56 Å². The number of aromatic carboxylic acids is 1. The first-order valence-corrected chi connectivity index (χ1v) is 5.34. The molecule has 16 heavy (non-hydrogen) atoms. The number of fused-ring (bicyclic) bond motifs is 1. The predicted octanol–water partition coefficient (Wildman–Crippen LogP) is 2.35. The molecule has 1 aliphatic heterocycles. The minimum absolute atomic E-state index is 0. The van der Waals surface area contributed by atoms with Crippen LogP contribution in [0.4, 0.5) is 0 Å². The van der Waals surface area contributed by atoms with Crippen LogP contribution in [-0.4, -0.2) is 17.7 Å². The van der Waals surface area contributed by atoms with Crippen molar-refractivity contribution in [3.63, 3.8) is 0 Å². The molecule has 0 saturated heterocycles. The fourth-order valence-electron chi connectivity index (χ4n) is 1.61. The summed E-state index contributed by atoms with van der Waals surface area (Å²) in [4.78, 5) is 10.8. The highest BCUT2D eigenvalue weighted by atomic mass is 79.9. The van der Waals surface area contributed by atoms with E-state index in [9.17, 15) is 4.79 Å². The standard InChI is InChI=1S/C10H10BrNO3.ClH/c11-7-4-5(10(13)14)3-6-8(12)1-2-15-9(6)7;/h3-4,8H,1-2,12H2,(H,13,14);1H/t8-;/m1./s1. The van der Waals surface area contributed by atoms with Gasteiger partial charge in [-0.15, -0.1) is 12.4 Å². The van der Waals surface area contributed by atoms with E-state index in [1.54, 1.807) is 6.07 Å². The minimum Gasteiger partial charge on any atom is -0.492 e. The van der Waals surface area contributed by atoms with Crippen molar-refractivity contribution in [1.82, 2.24) is 0 Å². The van der Waals surface area contributed by atoms with E-state index in [1.165, 1.54) is 6.07 Å². The smallest absolute Gasteiger partial charge is 0.335 e. The number of halogens is 2. The maximum absolute atomic E-state index is 10.8. The average Bonchev–Trinajstić information content (AvgIpc) is 2.19. The zero-order chi connectivity index (χ0) is 11.0. The second-order valence-corrected chi connectivity index (χ2v) is 4.28. The van der Waals surface area contributed by atoms with Crippen molar-refractivity contribution in [3.8, 4) is 5.75 Å². The number of rotatable bonds is 1. The van der Waals surface area contributed by atoms with Crippen LogP contribution in [0.1, 0.15) is 28.4 Å². The van der Waals surface area contributed by atoms with Crippen molar-refractivity contribution in [2.45, 2.75) is 12.5 Å². The number of carbonyl (C=O) groups is 1. The van der Waals surface area contributed by atoms with Gasteiger partial charge >= 0.3 is 5.97 Å². The van der Waals surface area contributed by atoms with Gasteiger partial charge in [-0.2, -0.15) is 0 Å². The Bertz CT molecular complexity index is 425. The van der Waals surface area contributed by atoms with Crippen molar-refractivity contribution < 1.29 is 14.6 Å². The van der Waals surface area contributed by atoms with Gasteiger partial charge in [0.2, 0.25) is 0 Å². The zero-order valence-electron chi connectivity index (χ0n) is 8.27. The second kappa shape index (κ2) is 5.03. The molecule has 1 heterocycles. The topological polar surface area (TPSA) is 72.5 Å². The van der Waals surface area contributed by atoms with Gasteiger partial charge in [-0.1, -0.05) is 0 Å². The predicted molar refractivity (Wildman–Crippen MR) is 65.4 cm³/mol. The summed E-state index contributed by atoms with van der Waals surface area (Å²) in [7, 11) is 0. The molecule has 0 fully saturated rings. The van der Waals surface area contributed by atoms with Gasteiger partial charge in [0.25, 0.3) is 0 Å². The lowest BCUT2D eigenvalue weighted by atomic mass is 9.99. The molecule has 0 radical (unpaired) electrons. The van der Waals surface area contributed by atoms with E-state index in [1.807, 2.05) is 0 Å². The van der Waals surface area contributed by atoms with Crippen molar-refractivity contribution >= 4 is 34.3 Å². The summed E-state index contributed by atoms with van der Waals surface area (Å²) >= 11 is 3.28. The molecule has 1 aliphatic rings. The van der Waals surface area contributed by atoms with Crippen LogP contribution < -0.4 is 10.5 Å². The molecule has 0 aliphatic carbocycles. The van der Waals surface area contributed by atoms with Crippen molar-refractivity contribution in [2.75, 3.05) is 6.61 Å². The van der Waals surface area contributed by atoms with Crippen molar-refractivity contribution in [3.05, 3.63) is 27.7 Å². The van der Waals surface area contributed by atoms with E-state index < -0.39 is 5.97 Å². The highest BCUT2D eigenvalue weighted by Gasteiger charge is 2.22. The van der Waals surface area contributed by atoms with E-state index >= 15 is 0 Å². The molecule has 4 nitrogen and oxygen atoms in total. The molecule has 1 aromatic rings. The lowest BCUT2D eigenvalue weighted by molar-refractivity contribution is 0.0696. The van der Waals surface area contributed by atoms with Crippen LogP contribution in [0, 0.1) is 0 Å². The first-order chi connectivity index (χ1) is 7.09. The summed E-state index contributed by atoms with van der Waals surface area (Å²) < 4.78 is 6.09. The molecule has 0 bridgehead atoms. The van der Waals surface area contributed by atoms with Crippen LogP contribution in [0.2, 0.25) is 0 Å². The lowest BCUT2D eigenvalue weighted by Crippen LogP contribution is -2.21. The Morgan fingerprint density at radius 1 is 1.56 bits per heavy atom. The van der Waals surface area contributed by atoms with E-state index in [2.05, 4.69) is 15.9 Å². The lowest BCUT2D eigenvalue weighted by Gasteiger charge is -2.24. The molecule has 1 atom stereocenters. The first kappa shape index (κ1) is 13.3. The summed E-state index contributed by atoms with van der Waals surface area (Å²) in [6.07, 6.45) is 0.711. The molecular formula is C10H11BrClNO3. The molecule has 6 heteroatoms. The second-order valence-electron chi connectivity index (χ2n) is 3.43. The zero-order valence-corrected chi connectivity index (χ0v) is 10.7. The molecule has 3 N–H and O–H groups in total. The third kappa shape index (κ3) is 2.31. The monoisotopic (exact) mass is 307 g/mol. The van der Waals surface area contributed by atoms with Gasteiger partial charge in [0, 0.05) is 18.0 Å². The maximum Gasteiger partial charge on any atom is 0.335 e. The maximum atomic E-state index is 10.8. The van der Waals surface area contributed by atoms with Gasteiger partial charge in [0.1, 0.15) is 5.75 Å². The van der Waals surface area contributed by atoms with Gasteiger partial charge in [-0.3, -0.25) is 0 Å². The number of nitrogens with two attached hydrogens (primary N) is 1. The first-order valence-electron chi connectivity index (χ1n) is 4.54. The molecule has 0 spiro atoms. The SMILES string of the molecule is Cl.N[C@@H]1CCOc2c(Br)cc(C(=O)O)cc21. The average molecular weight is 309 g/mol. The normalized spacial score (nSPS) is 18.0.